The standard InChI is InChI=1S/C45H53N3O5/c1-4-5-6-7-8-9-10-11-12-13-14-15-16-17-18-19-20-21-42(49)46-37-26-28-38(29-27-37)47-43(50)34-41-44(35-22-30-39(51-2)31-23-35)45(48-53-41)36-24-32-40(52-3)33-25-36/h8-9,11-12,14-15,17-18,22-33H,4-7,10,13,16,19-21,34H2,1-3H3,(H,46,49)(H,47,50)/b9-8-,12-11-,15-14-,18-17-. The number of nitrogens with zero attached hydrogens (tertiary/aromatic N) is 1. The van der Waals surface area contributed by atoms with Gasteiger partial charge in [0.05, 0.1) is 26.2 Å². The molecule has 2 N–H and O–H groups in total. The van der Waals surface area contributed by atoms with Crippen LogP contribution in [0.3, 0.4) is 0 Å². The lowest BCUT2D eigenvalue weighted by molar-refractivity contribution is -0.117. The van der Waals surface area contributed by atoms with Gasteiger partial charge in [0.25, 0.3) is 0 Å². The molecule has 0 spiro atoms. The zero-order chi connectivity index (χ0) is 37.5. The van der Waals surface area contributed by atoms with Gasteiger partial charge in [-0.25, -0.2) is 0 Å². The summed E-state index contributed by atoms with van der Waals surface area (Å²) in [7, 11) is 3.23. The monoisotopic (exact) mass is 715 g/mol. The van der Waals surface area contributed by atoms with Gasteiger partial charge in [0.15, 0.2) is 5.76 Å². The molecular weight excluding hydrogens is 663 g/mol. The van der Waals surface area contributed by atoms with Gasteiger partial charge in [-0.3, -0.25) is 9.59 Å². The quantitative estimate of drug-likeness (QED) is 0.0620. The molecule has 278 valence electrons. The molecule has 8 nitrogen and oxygen atoms in total. The minimum Gasteiger partial charge on any atom is -0.497 e. The number of carbonyl (C=O) groups excluding carboxylic acids is 2. The van der Waals surface area contributed by atoms with E-state index < -0.39 is 0 Å². The van der Waals surface area contributed by atoms with Gasteiger partial charge in [-0.15, -0.1) is 0 Å². The lowest BCUT2D eigenvalue weighted by Crippen LogP contribution is -2.15. The highest BCUT2D eigenvalue weighted by atomic mass is 16.5. The maximum atomic E-state index is 13.2. The summed E-state index contributed by atoms with van der Waals surface area (Å²) in [4.78, 5) is 25.7. The molecule has 0 saturated carbocycles. The topological polar surface area (TPSA) is 103 Å². The minimum atomic E-state index is -0.258. The van der Waals surface area contributed by atoms with Crippen LogP contribution in [0.15, 0.2) is 126 Å². The second-order valence-corrected chi connectivity index (χ2v) is 12.6. The van der Waals surface area contributed by atoms with E-state index in [1.807, 2.05) is 48.5 Å². The molecule has 0 atom stereocenters. The highest BCUT2D eigenvalue weighted by molar-refractivity contribution is 5.95. The molecule has 0 aliphatic heterocycles. The van der Waals surface area contributed by atoms with Gasteiger partial charge in [-0.05, 0) is 111 Å². The maximum absolute atomic E-state index is 13.2. The number of hydrogen-bond acceptors (Lipinski definition) is 6. The number of ether oxygens (including phenoxy) is 2. The summed E-state index contributed by atoms with van der Waals surface area (Å²) in [6.07, 6.45) is 27.5. The van der Waals surface area contributed by atoms with Crippen LogP contribution >= 0.6 is 0 Å². The number of nitrogens with one attached hydrogen (secondary N) is 2. The molecule has 0 unspecified atom stereocenters. The van der Waals surface area contributed by atoms with E-state index in [9.17, 15) is 9.59 Å². The summed E-state index contributed by atoms with van der Waals surface area (Å²) < 4.78 is 16.4. The molecule has 1 aromatic heterocycles. The molecule has 8 heteroatoms. The fourth-order valence-corrected chi connectivity index (χ4v) is 5.60. The first-order valence-corrected chi connectivity index (χ1v) is 18.6. The summed E-state index contributed by atoms with van der Waals surface area (Å²) in [5, 5.41) is 10.2. The van der Waals surface area contributed by atoms with Crippen molar-refractivity contribution in [3.05, 3.63) is 127 Å². The van der Waals surface area contributed by atoms with Crippen LogP contribution in [0.2, 0.25) is 0 Å². The third kappa shape index (κ3) is 14.1. The summed E-state index contributed by atoms with van der Waals surface area (Å²) in [6, 6.07) is 22.2. The average molecular weight is 716 g/mol. The van der Waals surface area contributed by atoms with Gasteiger partial charge in [0.1, 0.15) is 17.2 Å². The van der Waals surface area contributed by atoms with Gasteiger partial charge < -0.3 is 24.6 Å². The maximum Gasteiger partial charge on any atom is 0.232 e. The number of rotatable bonds is 22. The molecule has 0 aliphatic rings. The van der Waals surface area contributed by atoms with E-state index in [0.29, 0.717) is 29.2 Å². The summed E-state index contributed by atoms with van der Waals surface area (Å²) in [5.74, 6) is 1.59. The predicted octanol–water partition coefficient (Wildman–Crippen LogP) is 11.3. The molecule has 4 rings (SSSR count). The Labute approximate surface area is 314 Å². The zero-order valence-electron chi connectivity index (χ0n) is 31.3. The number of unbranched alkanes of at least 4 members (excludes halogenated alkanes) is 4. The normalized spacial score (nSPS) is 11.6. The largest absolute Gasteiger partial charge is 0.497 e. The van der Waals surface area contributed by atoms with Crippen LogP contribution in [-0.4, -0.2) is 31.2 Å². The zero-order valence-corrected chi connectivity index (χ0v) is 31.3. The molecule has 4 aromatic rings. The molecule has 1 heterocycles. The Hall–Kier alpha value is -5.63. The molecule has 0 saturated heterocycles. The van der Waals surface area contributed by atoms with Crippen molar-refractivity contribution in [1.82, 2.24) is 5.16 Å². The first-order chi connectivity index (χ1) is 26.0. The van der Waals surface area contributed by atoms with Crippen LogP contribution in [0.5, 0.6) is 11.5 Å². The number of allylic oxidation sites excluding steroid dienone is 8. The summed E-state index contributed by atoms with van der Waals surface area (Å²) >= 11 is 0. The van der Waals surface area contributed by atoms with Gasteiger partial charge in [0, 0.05) is 23.4 Å². The van der Waals surface area contributed by atoms with Crippen LogP contribution in [0.25, 0.3) is 22.4 Å². The molecule has 2 amide bonds. The molecule has 3 aromatic carbocycles. The Morgan fingerprint density at radius 1 is 0.623 bits per heavy atom. The van der Waals surface area contributed by atoms with E-state index in [1.54, 1.807) is 38.5 Å². The number of hydrogen-bond donors (Lipinski definition) is 2. The number of anilines is 2. The van der Waals surface area contributed by atoms with E-state index in [1.165, 1.54) is 25.7 Å². The van der Waals surface area contributed by atoms with Crippen molar-refractivity contribution in [3.63, 3.8) is 0 Å². The van der Waals surface area contributed by atoms with Crippen molar-refractivity contribution < 1.29 is 23.6 Å². The Kier molecular flexibility index (Phi) is 17.4. The molecule has 0 fully saturated rings. The molecule has 0 radical (unpaired) electrons. The van der Waals surface area contributed by atoms with Crippen molar-refractivity contribution in [2.75, 3.05) is 24.9 Å². The van der Waals surface area contributed by atoms with Crippen LogP contribution in [0.1, 0.15) is 76.9 Å². The summed E-state index contributed by atoms with van der Waals surface area (Å²) in [5.41, 5.74) is 4.31. The first-order valence-electron chi connectivity index (χ1n) is 18.6. The second kappa shape index (κ2) is 23.0. The predicted molar refractivity (Wildman–Crippen MR) is 216 cm³/mol. The molecule has 0 aliphatic carbocycles. The fourth-order valence-electron chi connectivity index (χ4n) is 5.60. The van der Waals surface area contributed by atoms with E-state index in [4.69, 9.17) is 14.0 Å². The van der Waals surface area contributed by atoms with Crippen LogP contribution in [-0.2, 0) is 16.0 Å². The highest BCUT2D eigenvalue weighted by Gasteiger charge is 2.22. The van der Waals surface area contributed by atoms with Crippen LogP contribution in [0.4, 0.5) is 11.4 Å². The third-order valence-electron chi connectivity index (χ3n) is 8.51. The Bertz CT molecular complexity index is 1800. The SMILES string of the molecule is CCCCC/C=C\C/C=C\C/C=C\C/C=C\CCCC(=O)Nc1ccc(NC(=O)Cc2onc(-c3ccc(OC)cc3)c2-c2ccc(OC)cc2)cc1. The summed E-state index contributed by atoms with van der Waals surface area (Å²) in [6.45, 7) is 2.23. The molecule has 53 heavy (non-hydrogen) atoms. The number of benzene rings is 3. The Balaban J connectivity index is 1.19. The van der Waals surface area contributed by atoms with E-state index in [2.05, 4.69) is 71.3 Å². The van der Waals surface area contributed by atoms with E-state index in [-0.39, 0.29) is 18.2 Å². The van der Waals surface area contributed by atoms with Crippen molar-refractivity contribution in [2.24, 2.45) is 0 Å². The van der Waals surface area contributed by atoms with Crippen LogP contribution in [0, 0.1) is 0 Å². The van der Waals surface area contributed by atoms with Gasteiger partial charge in [-0.1, -0.05) is 85.7 Å². The van der Waals surface area contributed by atoms with E-state index >= 15 is 0 Å². The van der Waals surface area contributed by atoms with Crippen molar-refractivity contribution in [2.45, 2.75) is 77.6 Å². The lowest BCUT2D eigenvalue weighted by Gasteiger charge is -2.09. The first kappa shape index (κ1) is 40.1. The minimum absolute atomic E-state index is 0.0254. The molecule has 0 bridgehead atoms. The lowest BCUT2D eigenvalue weighted by atomic mass is 9.97. The number of aromatic nitrogens is 1. The Morgan fingerprint density at radius 2 is 1.11 bits per heavy atom. The highest BCUT2D eigenvalue weighted by Crippen LogP contribution is 2.36. The average Bonchev–Trinajstić information content (AvgIpc) is 3.59. The smallest absolute Gasteiger partial charge is 0.232 e. The second-order valence-electron chi connectivity index (χ2n) is 12.6. The number of amides is 2. The van der Waals surface area contributed by atoms with Crippen molar-refractivity contribution >= 4 is 23.2 Å². The Morgan fingerprint density at radius 3 is 1.64 bits per heavy atom. The van der Waals surface area contributed by atoms with Gasteiger partial charge in [0.2, 0.25) is 11.8 Å². The fraction of sp³-hybridized carbons (Fsp3) is 0.311. The third-order valence-corrected chi connectivity index (χ3v) is 8.51. The van der Waals surface area contributed by atoms with E-state index in [0.717, 1.165) is 60.3 Å². The van der Waals surface area contributed by atoms with Gasteiger partial charge in [-0.2, -0.15) is 0 Å². The molecular formula is C45H53N3O5. The van der Waals surface area contributed by atoms with Gasteiger partial charge >= 0.3 is 0 Å². The number of carbonyl (C=O) groups is 2. The van der Waals surface area contributed by atoms with Crippen molar-refractivity contribution in [1.29, 1.82) is 0 Å². The van der Waals surface area contributed by atoms with Crippen LogP contribution < -0.4 is 20.1 Å². The van der Waals surface area contributed by atoms with Crippen molar-refractivity contribution in [3.8, 4) is 33.9 Å². The number of methoxy groups -OCH3 is 2.